The predicted octanol–water partition coefficient (Wildman–Crippen LogP) is 1.81. The van der Waals surface area contributed by atoms with Gasteiger partial charge in [-0.15, -0.1) is 5.10 Å². The highest BCUT2D eigenvalue weighted by molar-refractivity contribution is 5.12. The molecule has 0 aliphatic heterocycles. The van der Waals surface area contributed by atoms with Gasteiger partial charge in [-0.2, -0.15) is 0 Å². The van der Waals surface area contributed by atoms with Gasteiger partial charge in [-0.3, -0.25) is 4.68 Å². The summed E-state index contributed by atoms with van der Waals surface area (Å²) in [6, 6.07) is 0.185. The van der Waals surface area contributed by atoms with Crippen molar-refractivity contribution in [2.24, 2.45) is 7.05 Å². The molecule has 0 aromatic carbocycles. The third-order valence-electron chi connectivity index (χ3n) is 3.86. The van der Waals surface area contributed by atoms with Crippen LogP contribution in [0, 0.1) is 0 Å². The van der Waals surface area contributed by atoms with Crippen LogP contribution in [0.5, 0.6) is 0 Å². The fourth-order valence-corrected chi connectivity index (χ4v) is 3.10. The molecule has 5 heteroatoms. The molecule has 1 aliphatic carbocycles. The SMILES string of the molecule is CCNC(c1cnnn1C)C1(OCC)CCCC1. The molecule has 5 nitrogen and oxygen atoms in total. The Kier molecular flexibility index (Phi) is 4.35. The minimum atomic E-state index is -0.0831. The summed E-state index contributed by atoms with van der Waals surface area (Å²) >= 11 is 0. The summed E-state index contributed by atoms with van der Waals surface area (Å²) in [6.07, 6.45) is 6.57. The molecule has 0 bridgehead atoms. The second kappa shape index (κ2) is 5.80. The largest absolute Gasteiger partial charge is 0.373 e. The lowest BCUT2D eigenvalue weighted by Gasteiger charge is -2.37. The van der Waals surface area contributed by atoms with Crippen molar-refractivity contribution >= 4 is 0 Å². The smallest absolute Gasteiger partial charge is 0.0892 e. The number of likely N-dealkylation sites (N-methyl/N-ethyl adjacent to an activating group) is 1. The molecule has 1 aromatic rings. The van der Waals surface area contributed by atoms with Crippen molar-refractivity contribution in [3.8, 4) is 0 Å². The Morgan fingerprint density at radius 2 is 2.17 bits per heavy atom. The summed E-state index contributed by atoms with van der Waals surface area (Å²) in [6.45, 7) is 5.88. The van der Waals surface area contributed by atoms with Crippen LogP contribution in [0.2, 0.25) is 0 Å². The number of ether oxygens (including phenoxy) is 1. The Hall–Kier alpha value is -0.940. The summed E-state index contributed by atoms with van der Waals surface area (Å²) in [5.74, 6) is 0. The van der Waals surface area contributed by atoms with E-state index in [9.17, 15) is 0 Å². The fraction of sp³-hybridized carbons (Fsp3) is 0.846. The lowest BCUT2D eigenvalue weighted by Crippen LogP contribution is -2.45. The Balaban J connectivity index is 2.30. The molecular weight excluding hydrogens is 228 g/mol. The molecule has 0 amide bonds. The third kappa shape index (κ3) is 2.42. The zero-order valence-corrected chi connectivity index (χ0v) is 11.6. The van der Waals surface area contributed by atoms with Crippen LogP contribution in [0.25, 0.3) is 0 Å². The van der Waals surface area contributed by atoms with Crippen LogP contribution >= 0.6 is 0 Å². The van der Waals surface area contributed by atoms with E-state index in [0.29, 0.717) is 0 Å². The lowest BCUT2D eigenvalue weighted by molar-refractivity contribution is -0.0640. The van der Waals surface area contributed by atoms with Crippen LogP contribution < -0.4 is 5.32 Å². The van der Waals surface area contributed by atoms with Crippen LogP contribution in [-0.4, -0.2) is 33.7 Å². The van der Waals surface area contributed by atoms with Crippen molar-refractivity contribution in [1.82, 2.24) is 20.3 Å². The van der Waals surface area contributed by atoms with Crippen LogP contribution in [0.15, 0.2) is 6.20 Å². The van der Waals surface area contributed by atoms with E-state index in [0.717, 1.165) is 31.7 Å². The number of aromatic nitrogens is 3. The number of nitrogens with zero attached hydrogens (tertiary/aromatic N) is 3. The molecule has 0 saturated heterocycles. The Labute approximate surface area is 109 Å². The fourth-order valence-electron chi connectivity index (χ4n) is 3.10. The summed E-state index contributed by atoms with van der Waals surface area (Å²) in [5, 5.41) is 11.6. The van der Waals surface area contributed by atoms with E-state index in [1.165, 1.54) is 12.8 Å². The predicted molar refractivity (Wildman–Crippen MR) is 70.2 cm³/mol. The van der Waals surface area contributed by atoms with E-state index in [-0.39, 0.29) is 11.6 Å². The first-order valence-corrected chi connectivity index (χ1v) is 6.95. The van der Waals surface area contributed by atoms with Crippen LogP contribution in [0.3, 0.4) is 0 Å². The maximum absolute atomic E-state index is 6.15. The van der Waals surface area contributed by atoms with E-state index in [1.807, 2.05) is 17.9 Å². The van der Waals surface area contributed by atoms with Gasteiger partial charge in [0.15, 0.2) is 0 Å². The normalized spacial score (nSPS) is 20.2. The molecular formula is C13H24N4O. The van der Waals surface area contributed by atoms with E-state index in [2.05, 4.69) is 29.5 Å². The summed E-state index contributed by atoms with van der Waals surface area (Å²) < 4.78 is 8.01. The third-order valence-corrected chi connectivity index (χ3v) is 3.86. The molecule has 1 atom stereocenters. The van der Waals surface area contributed by atoms with Gasteiger partial charge in [0.05, 0.1) is 23.5 Å². The van der Waals surface area contributed by atoms with Gasteiger partial charge >= 0.3 is 0 Å². The molecule has 18 heavy (non-hydrogen) atoms. The van der Waals surface area contributed by atoms with Gasteiger partial charge in [0.1, 0.15) is 0 Å². The van der Waals surface area contributed by atoms with Crippen LogP contribution in [-0.2, 0) is 11.8 Å². The summed E-state index contributed by atoms with van der Waals surface area (Å²) in [7, 11) is 1.95. The molecule has 0 spiro atoms. The summed E-state index contributed by atoms with van der Waals surface area (Å²) in [5.41, 5.74) is 1.03. The number of nitrogens with one attached hydrogen (secondary N) is 1. The summed E-state index contributed by atoms with van der Waals surface area (Å²) in [4.78, 5) is 0. The molecule has 1 aromatic heterocycles. The van der Waals surface area contributed by atoms with Gasteiger partial charge < -0.3 is 10.1 Å². The van der Waals surface area contributed by atoms with Gasteiger partial charge in [-0.05, 0) is 26.3 Å². The maximum atomic E-state index is 6.15. The molecule has 1 fully saturated rings. The van der Waals surface area contributed by atoms with Crippen molar-refractivity contribution in [1.29, 1.82) is 0 Å². The van der Waals surface area contributed by atoms with Gasteiger partial charge in [-0.1, -0.05) is 25.0 Å². The zero-order chi connectivity index (χ0) is 13.0. The van der Waals surface area contributed by atoms with Crippen molar-refractivity contribution in [3.05, 3.63) is 11.9 Å². The molecule has 1 heterocycles. The highest BCUT2D eigenvalue weighted by Crippen LogP contribution is 2.42. The van der Waals surface area contributed by atoms with Crippen molar-refractivity contribution in [2.75, 3.05) is 13.2 Å². The Morgan fingerprint density at radius 3 is 2.67 bits per heavy atom. The van der Waals surface area contributed by atoms with Gasteiger partial charge in [0.2, 0.25) is 0 Å². The standard InChI is InChI=1S/C13H24N4O/c1-4-14-12(11-10-15-16-17(11)3)13(18-5-2)8-6-7-9-13/h10,12,14H,4-9H2,1-3H3. The quantitative estimate of drug-likeness (QED) is 0.839. The minimum absolute atomic E-state index is 0.0831. The second-order valence-electron chi connectivity index (χ2n) is 4.98. The first-order chi connectivity index (χ1) is 8.73. The van der Waals surface area contributed by atoms with Crippen molar-refractivity contribution in [3.63, 3.8) is 0 Å². The average Bonchev–Trinajstić information content (AvgIpc) is 2.97. The molecule has 1 aliphatic rings. The zero-order valence-electron chi connectivity index (χ0n) is 11.6. The van der Waals surface area contributed by atoms with E-state index in [4.69, 9.17) is 4.74 Å². The van der Waals surface area contributed by atoms with Crippen molar-refractivity contribution in [2.45, 2.75) is 51.2 Å². The number of hydrogen-bond acceptors (Lipinski definition) is 4. The number of rotatable bonds is 6. The molecule has 0 radical (unpaired) electrons. The highest BCUT2D eigenvalue weighted by Gasteiger charge is 2.43. The average molecular weight is 252 g/mol. The number of hydrogen-bond donors (Lipinski definition) is 1. The first-order valence-electron chi connectivity index (χ1n) is 6.95. The number of aryl methyl sites for hydroxylation is 1. The topological polar surface area (TPSA) is 52.0 Å². The lowest BCUT2D eigenvalue weighted by atomic mass is 9.89. The molecule has 102 valence electrons. The second-order valence-corrected chi connectivity index (χ2v) is 4.98. The van der Waals surface area contributed by atoms with E-state index in [1.54, 1.807) is 0 Å². The van der Waals surface area contributed by atoms with Crippen LogP contribution in [0.4, 0.5) is 0 Å². The van der Waals surface area contributed by atoms with E-state index < -0.39 is 0 Å². The molecule has 1 N–H and O–H groups in total. The van der Waals surface area contributed by atoms with E-state index >= 15 is 0 Å². The van der Waals surface area contributed by atoms with Crippen LogP contribution in [0.1, 0.15) is 51.3 Å². The first kappa shape index (κ1) is 13.5. The Morgan fingerprint density at radius 1 is 1.44 bits per heavy atom. The molecule has 1 saturated carbocycles. The molecule has 1 unspecified atom stereocenters. The highest BCUT2D eigenvalue weighted by atomic mass is 16.5. The van der Waals surface area contributed by atoms with Crippen molar-refractivity contribution < 1.29 is 4.74 Å². The van der Waals surface area contributed by atoms with Gasteiger partial charge in [0, 0.05) is 13.7 Å². The van der Waals surface area contributed by atoms with Gasteiger partial charge in [0.25, 0.3) is 0 Å². The van der Waals surface area contributed by atoms with Gasteiger partial charge in [-0.25, -0.2) is 0 Å². The maximum Gasteiger partial charge on any atom is 0.0892 e. The molecule has 2 rings (SSSR count). The Bertz CT molecular complexity index is 371. The minimum Gasteiger partial charge on any atom is -0.373 e. The monoisotopic (exact) mass is 252 g/mol.